The standard InChI is InChI=1S/C28H32F3N5O4S/c1-27(2,38)21-15-35(16-21)26-10-5-19(13-33-26)18-3-7-22(8-4-18)41(39,40)36-12-11-23(24(37)17-36)34-25-9-6-20(14-32-25)28(29,30)31/h3-10,13-14,21,23-24,37-38H,11-12,15-17H2,1-2H3,(H,32,34)/t23-,24+/m1/s1. The van der Waals surface area contributed by atoms with Crippen LogP contribution in [0.5, 0.6) is 0 Å². The lowest BCUT2D eigenvalue weighted by molar-refractivity contribution is -0.137. The van der Waals surface area contributed by atoms with Crippen LogP contribution in [0.25, 0.3) is 11.1 Å². The third-order valence-electron chi connectivity index (χ3n) is 7.75. The lowest BCUT2D eigenvalue weighted by atomic mass is 9.84. The second kappa shape index (κ2) is 10.9. The monoisotopic (exact) mass is 591 g/mol. The molecule has 2 atom stereocenters. The van der Waals surface area contributed by atoms with E-state index in [2.05, 4.69) is 20.2 Å². The van der Waals surface area contributed by atoms with E-state index in [0.717, 1.165) is 36.1 Å². The number of aliphatic hydroxyl groups is 2. The predicted molar refractivity (Wildman–Crippen MR) is 148 cm³/mol. The third-order valence-corrected chi connectivity index (χ3v) is 9.63. The number of hydrogen-bond donors (Lipinski definition) is 3. The lowest BCUT2D eigenvalue weighted by Crippen LogP contribution is -2.56. The summed E-state index contributed by atoms with van der Waals surface area (Å²) in [6.45, 7) is 5.03. The van der Waals surface area contributed by atoms with Gasteiger partial charge in [-0.25, -0.2) is 18.4 Å². The minimum atomic E-state index is -4.50. The molecule has 2 saturated heterocycles. The Labute approximate surface area is 236 Å². The molecule has 13 heteroatoms. The molecule has 0 saturated carbocycles. The summed E-state index contributed by atoms with van der Waals surface area (Å²) in [5.41, 5.74) is 0.0251. The Bertz CT molecular complexity index is 1460. The molecule has 0 unspecified atom stereocenters. The van der Waals surface area contributed by atoms with E-state index >= 15 is 0 Å². The summed E-state index contributed by atoms with van der Waals surface area (Å²) in [5, 5.41) is 23.7. The van der Waals surface area contributed by atoms with Crippen molar-refractivity contribution < 1.29 is 31.8 Å². The first-order valence-corrected chi connectivity index (χ1v) is 14.7. The third kappa shape index (κ3) is 6.32. The Hall–Kier alpha value is -3.26. The first-order chi connectivity index (χ1) is 19.2. The number of nitrogens with zero attached hydrogens (tertiary/aromatic N) is 4. The maximum atomic E-state index is 13.3. The van der Waals surface area contributed by atoms with Gasteiger partial charge < -0.3 is 20.4 Å². The summed E-state index contributed by atoms with van der Waals surface area (Å²) in [5.74, 6) is 1.18. The van der Waals surface area contributed by atoms with Gasteiger partial charge in [0.1, 0.15) is 11.6 Å². The highest BCUT2D eigenvalue weighted by Gasteiger charge is 2.38. The van der Waals surface area contributed by atoms with Crippen LogP contribution >= 0.6 is 0 Å². The van der Waals surface area contributed by atoms with Crippen molar-refractivity contribution in [3.63, 3.8) is 0 Å². The van der Waals surface area contributed by atoms with E-state index in [1.807, 2.05) is 12.1 Å². The van der Waals surface area contributed by atoms with Crippen LogP contribution in [0.4, 0.5) is 24.8 Å². The number of sulfonamides is 1. The minimum Gasteiger partial charge on any atom is -0.390 e. The van der Waals surface area contributed by atoms with E-state index in [0.29, 0.717) is 6.20 Å². The highest BCUT2D eigenvalue weighted by Crippen LogP contribution is 2.32. The molecule has 3 aromatic rings. The number of pyridine rings is 2. The number of hydrogen-bond acceptors (Lipinski definition) is 8. The zero-order valence-electron chi connectivity index (χ0n) is 22.6. The van der Waals surface area contributed by atoms with Crippen LogP contribution in [0.3, 0.4) is 0 Å². The number of benzene rings is 1. The van der Waals surface area contributed by atoms with Crippen LogP contribution in [0.1, 0.15) is 25.8 Å². The molecule has 5 rings (SSSR count). The van der Waals surface area contributed by atoms with Crippen LogP contribution in [-0.2, 0) is 16.2 Å². The number of nitrogens with one attached hydrogen (secondary N) is 1. The summed E-state index contributed by atoms with van der Waals surface area (Å²) in [7, 11) is -3.88. The van der Waals surface area contributed by atoms with Gasteiger partial charge >= 0.3 is 6.18 Å². The van der Waals surface area contributed by atoms with Gasteiger partial charge in [-0.15, -0.1) is 0 Å². The molecule has 9 nitrogen and oxygen atoms in total. The fraction of sp³-hybridized carbons (Fsp3) is 0.429. The lowest BCUT2D eigenvalue weighted by Gasteiger charge is -2.45. The van der Waals surface area contributed by atoms with Crippen LogP contribution in [-0.4, -0.2) is 76.8 Å². The summed E-state index contributed by atoms with van der Waals surface area (Å²) in [4.78, 5) is 10.5. The molecule has 2 aromatic heterocycles. The maximum Gasteiger partial charge on any atom is 0.417 e. The molecule has 0 amide bonds. The highest BCUT2D eigenvalue weighted by molar-refractivity contribution is 7.89. The van der Waals surface area contributed by atoms with Crippen molar-refractivity contribution in [2.24, 2.45) is 5.92 Å². The van der Waals surface area contributed by atoms with E-state index in [1.54, 1.807) is 32.2 Å². The zero-order valence-corrected chi connectivity index (χ0v) is 23.4. The number of aromatic nitrogens is 2. The number of halogens is 3. The highest BCUT2D eigenvalue weighted by atomic mass is 32.2. The Morgan fingerprint density at radius 2 is 1.61 bits per heavy atom. The number of anilines is 2. The molecule has 220 valence electrons. The van der Waals surface area contributed by atoms with Crippen molar-refractivity contribution in [2.75, 3.05) is 36.4 Å². The normalized spacial score (nSPS) is 21.0. The van der Waals surface area contributed by atoms with Gasteiger partial charge in [0.05, 0.1) is 28.2 Å². The van der Waals surface area contributed by atoms with Gasteiger partial charge in [0.25, 0.3) is 0 Å². The SMILES string of the molecule is CC(C)(O)C1CN(c2ccc(-c3ccc(S(=O)(=O)N4CC[C@@H](Nc5ccc(C(F)(F)F)cn5)[C@@H](O)C4)cc3)cn2)C1. The van der Waals surface area contributed by atoms with Crippen molar-refractivity contribution >= 4 is 21.7 Å². The van der Waals surface area contributed by atoms with E-state index in [4.69, 9.17) is 0 Å². The van der Waals surface area contributed by atoms with Gasteiger partial charge in [-0.2, -0.15) is 17.5 Å². The first kappa shape index (κ1) is 29.2. The van der Waals surface area contributed by atoms with Crippen molar-refractivity contribution in [2.45, 2.75) is 49.1 Å². The first-order valence-electron chi connectivity index (χ1n) is 13.2. The predicted octanol–water partition coefficient (Wildman–Crippen LogP) is 3.61. The van der Waals surface area contributed by atoms with Crippen molar-refractivity contribution in [3.8, 4) is 11.1 Å². The molecule has 4 heterocycles. The maximum absolute atomic E-state index is 13.3. The molecule has 0 bridgehead atoms. The van der Waals surface area contributed by atoms with Crippen molar-refractivity contribution in [3.05, 3.63) is 66.5 Å². The van der Waals surface area contributed by atoms with Gasteiger partial charge in [-0.05, 0) is 62.2 Å². The number of rotatable bonds is 7. The van der Waals surface area contributed by atoms with E-state index in [-0.39, 0.29) is 36.1 Å². The molecule has 1 aromatic carbocycles. The number of aliphatic hydroxyl groups excluding tert-OH is 1. The fourth-order valence-corrected chi connectivity index (χ4v) is 6.42. The fourth-order valence-electron chi connectivity index (χ4n) is 4.95. The summed E-state index contributed by atoms with van der Waals surface area (Å²) >= 11 is 0. The van der Waals surface area contributed by atoms with Gasteiger partial charge in [-0.1, -0.05) is 12.1 Å². The van der Waals surface area contributed by atoms with Crippen LogP contribution in [0.15, 0.2) is 65.8 Å². The second-order valence-corrected chi connectivity index (χ2v) is 13.0. The molecule has 2 aliphatic rings. The molecule has 3 N–H and O–H groups in total. The average molecular weight is 592 g/mol. The molecule has 41 heavy (non-hydrogen) atoms. The molecular formula is C28H32F3N5O4S. The van der Waals surface area contributed by atoms with Crippen molar-refractivity contribution in [1.29, 1.82) is 0 Å². The Morgan fingerprint density at radius 1 is 0.927 bits per heavy atom. The van der Waals surface area contributed by atoms with Gasteiger partial charge in [0.15, 0.2) is 0 Å². The average Bonchev–Trinajstić information content (AvgIpc) is 2.88. The molecule has 0 radical (unpaired) electrons. The molecular weight excluding hydrogens is 559 g/mol. The summed E-state index contributed by atoms with van der Waals surface area (Å²) in [6.07, 6.45) is -2.90. The second-order valence-electron chi connectivity index (χ2n) is 11.1. The topological polar surface area (TPSA) is 119 Å². The zero-order chi connectivity index (χ0) is 29.6. The molecule has 2 aliphatic heterocycles. The van der Waals surface area contributed by atoms with E-state index in [1.165, 1.54) is 22.5 Å². The molecule has 0 aliphatic carbocycles. The van der Waals surface area contributed by atoms with Crippen LogP contribution in [0.2, 0.25) is 0 Å². The minimum absolute atomic E-state index is 0.0899. The van der Waals surface area contributed by atoms with Gasteiger partial charge in [-0.3, -0.25) is 0 Å². The number of piperidine rings is 1. The quantitative estimate of drug-likeness (QED) is 0.382. The summed E-state index contributed by atoms with van der Waals surface area (Å²) < 4.78 is 66.0. The summed E-state index contributed by atoms with van der Waals surface area (Å²) in [6, 6.07) is 11.8. The van der Waals surface area contributed by atoms with E-state index < -0.39 is 39.5 Å². The van der Waals surface area contributed by atoms with Crippen molar-refractivity contribution in [1.82, 2.24) is 14.3 Å². The van der Waals surface area contributed by atoms with Gasteiger partial charge in [0, 0.05) is 50.1 Å². The number of alkyl halides is 3. The van der Waals surface area contributed by atoms with E-state index in [9.17, 15) is 31.8 Å². The Balaban J connectivity index is 1.19. The van der Waals surface area contributed by atoms with Gasteiger partial charge in [0.2, 0.25) is 10.0 Å². The van der Waals surface area contributed by atoms with Crippen LogP contribution in [0, 0.1) is 5.92 Å². The smallest absolute Gasteiger partial charge is 0.390 e. The molecule has 2 fully saturated rings. The Morgan fingerprint density at radius 3 is 2.15 bits per heavy atom. The number of β-amino-alcohol motifs (C(OH)–C–C–N with tert-alkyl or cyclic N) is 1. The Kier molecular flexibility index (Phi) is 7.74. The largest absolute Gasteiger partial charge is 0.417 e. The van der Waals surface area contributed by atoms with Crippen LogP contribution < -0.4 is 10.2 Å². The molecule has 0 spiro atoms.